The number of nitrogens with one attached hydrogen (secondary N) is 2. The third kappa shape index (κ3) is 6.12. The quantitative estimate of drug-likeness (QED) is 0.742. The van der Waals surface area contributed by atoms with Crippen LogP contribution in [0.4, 0.5) is 10.5 Å². The number of para-hydroxylation sites is 1. The van der Waals surface area contributed by atoms with Crippen molar-refractivity contribution in [2.24, 2.45) is 0 Å². The molecule has 0 fully saturated rings. The highest BCUT2D eigenvalue weighted by Gasteiger charge is 2.18. The van der Waals surface area contributed by atoms with Crippen LogP contribution >= 0.6 is 11.3 Å². The van der Waals surface area contributed by atoms with Crippen molar-refractivity contribution in [3.8, 4) is 0 Å². The smallest absolute Gasteiger partial charge is 0.322 e. The summed E-state index contributed by atoms with van der Waals surface area (Å²) in [5, 5.41) is 8.06. The highest BCUT2D eigenvalue weighted by Crippen LogP contribution is 2.14. The van der Waals surface area contributed by atoms with Crippen LogP contribution in [-0.4, -0.2) is 48.1 Å². The molecular weight excluding hydrogens is 352 g/mol. The Morgan fingerprint density at radius 3 is 2.65 bits per heavy atom. The Morgan fingerprint density at radius 1 is 1.27 bits per heavy atom. The first-order chi connectivity index (χ1) is 12.5. The third-order valence-corrected chi connectivity index (χ3v) is 4.24. The van der Waals surface area contributed by atoms with Gasteiger partial charge in [-0.25, -0.2) is 9.78 Å². The molecule has 140 valence electrons. The summed E-state index contributed by atoms with van der Waals surface area (Å²) in [5.41, 5.74) is 1.09. The van der Waals surface area contributed by atoms with Crippen molar-refractivity contribution in [3.05, 3.63) is 46.4 Å². The molecule has 1 aromatic heterocycles. The van der Waals surface area contributed by atoms with Crippen molar-refractivity contribution in [3.63, 3.8) is 0 Å². The number of methoxy groups -OCH3 is 1. The predicted molar refractivity (Wildman–Crippen MR) is 102 cm³/mol. The lowest BCUT2D eigenvalue weighted by Crippen LogP contribution is -2.37. The molecule has 0 saturated heterocycles. The molecule has 0 unspecified atom stereocenters. The molecule has 0 bridgehead atoms. The molecule has 0 aliphatic heterocycles. The number of nitrogens with zero attached hydrogens (tertiary/aromatic N) is 2. The van der Waals surface area contributed by atoms with E-state index < -0.39 is 0 Å². The monoisotopic (exact) mass is 376 g/mol. The van der Waals surface area contributed by atoms with Crippen LogP contribution < -0.4 is 10.6 Å². The minimum absolute atomic E-state index is 0.0440. The number of ether oxygens (including phenoxy) is 1. The van der Waals surface area contributed by atoms with Gasteiger partial charge in [0.2, 0.25) is 0 Å². The molecule has 0 atom stereocenters. The van der Waals surface area contributed by atoms with Gasteiger partial charge in [-0.05, 0) is 26.0 Å². The summed E-state index contributed by atoms with van der Waals surface area (Å²) in [4.78, 5) is 30.5. The first-order valence-electron chi connectivity index (χ1n) is 8.34. The second-order valence-corrected chi connectivity index (χ2v) is 6.91. The Bertz CT molecular complexity index is 718. The number of carbonyl (C=O) groups is 2. The van der Waals surface area contributed by atoms with E-state index in [1.165, 1.54) is 11.3 Å². The second-order valence-electron chi connectivity index (χ2n) is 5.97. The van der Waals surface area contributed by atoms with Gasteiger partial charge in [0.25, 0.3) is 5.91 Å². The number of benzene rings is 1. The van der Waals surface area contributed by atoms with E-state index in [-0.39, 0.29) is 18.0 Å². The van der Waals surface area contributed by atoms with Crippen LogP contribution in [-0.2, 0) is 11.3 Å². The molecule has 2 aromatic rings. The molecule has 0 radical (unpaired) electrons. The van der Waals surface area contributed by atoms with E-state index >= 15 is 0 Å². The highest BCUT2D eigenvalue weighted by atomic mass is 32.1. The molecular formula is C18H24N4O3S. The van der Waals surface area contributed by atoms with E-state index in [2.05, 4.69) is 15.6 Å². The van der Waals surface area contributed by atoms with E-state index in [4.69, 9.17) is 4.74 Å². The van der Waals surface area contributed by atoms with Crippen LogP contribution in [0.1, 0.15) is 29.3 Å². The summed E-state index contributed by atoms with van der Waals surface area (Å²) >= 11 is 1.36. The van der Waals surface area contributed by atoms with Gasteiger partial charge in [-0.15, -0.1) is 11.3 Å². The number of anilines is 1. The van der Waals surface area contributed by atoms with Crippen molar-refractivity contribution in [2.45, 2.75) is 26.4 Å². The maximum absolute atomic E-state index is 12.6. The number of amides is 3. The summed E-state index contributed by atoms with van der Waals surface area (Å²) in [6.45, 7) is 4.93. The highest BCUT2D eigenvalue weighted by molar-refractivity contribution is 7.09. The topological polar surface area (TPSA) is 83.6 Å². The maximum atomic E-state index is 12.6. The minimum Gasteiger partial charge on any atom is -0.383 e. The normalized spacial score (nSPS) is 10.6. The van der Waals surface area contributed by atoms with Crippen molar-refractivity contribution < 1.29 is 14.3 Å². The fourth-order valence-corrected chi connectivity index (χ4v) is 2.95. The van der Waals surface area contributed by atoms with E-state index in [1.807, 2.05) is 44.2 Å². The van der Waals surface area contributed by atoms with Crippen LogP contribution in [0.2, 0.25) is 0 Å². The van der Waals surface area contributed by atoms with Gasteiger partial charge >= 0.3 is 6.03 Å². The lowest BCUT2D eigenvalue weighted by molar-refractivity contribution is 0.0938. The molecule has 1 heterocycles. The van der Waals surface area contributed by atoms with E-state index in [1.54, 1.807) is 17.4 Å². The van der Waals surface area contributed by atoms with Gasteiger partial charge in [-0.2, -0.15) is 0 Å². The van der Waals surface area contributed by atoms with Gasteiger partial charge in [-0.3, -0.25) is 4.79 Å². The molecule has 2 rings (SSSR count). The summed E-state index contributed by atoms with van der Waals surface area (Å²) in [6.07, 6.45) is 0. The number of carbonyl (C=O) groups excluding carboxylic acids is 2. The van der Waals surface area contributed by atoms with Crippen LogP contribution in [0.5, 0.6) is 0 Å². The van der Waals surface area contributed by atoms with Gasteiger partial charge in [0, 0.05) is 30.8 Å². The van der Waals surface area contributed by atoms with Gasteiger partial charge in [-0.1, -0.05) is 18.2 Å². The molecule has 7 nitrogen and oxygen atoms in total. The van der Waals surface area contributed by atoms with Crippen molar-refractivity contribution in [1.29, 1.82) is 0 Å². The lowest BCUT2D eigenvalue weighted by atomic mass is 10.3. The predicted octanol–water partition coefficient (Wildman–Crippen LogP) is 2.96. The van der Waals surface area contributed by atoms with E-state index in [9.17, 15) is 9.59 Å². The van der Waals surface area contributed by atoms with Crippen LogP contribution in [0.15, 0.2) is 35.7 Å². The summed E-state index contributed by atoms with van der Waals surface area (Å²) < 4.78 is 5.09. The van der Waals surface area contributed by atoms with Gasteiger partial charge in [0.15, 0.2) is 0 Å². The summed E-state index contributed by atoms with van der Waals surface area (Å²) in [7, 11) is 1.59. The van der Waals surface area contributed by atoms with E-state index in [0.29, 0.717) is 30.4 Å². The first-order valence-corrected chi connectivity index (χ1v) is 9.22. The van der Waals surface area contributed by atoms with Crippen molar-refractivity contribution in [1.82, 2.24) is 15.2 Å². The largest absolute Gasteiger partial charge is 0.383 e. The average molecular weight is 376 g/mol. The van der Waals surface area contributed by atoms with Crippen LogP contribution in [0.25, 0.3) is 0 Å². The Labute approximate surface area is 157 Å². The van der Waals surface area contributed by atoms with Crippen molar-refractivity contribution in [2.75, 3.05) is 25.6 Å². The minimum atomic E-state index is -0.239. The van der Waals surface area contributed by atoms with Crippen LogP contribution in [0.3, 0.4) is 0 Å². The molecule has 2 N–H and O–H groups in total. The fraction of sp³-hybridized carbons (Fsp3) is 0.389. The molecule has 3 amide bonds. The Hall–Kier alpha value is -2.45. The van der Waals surface area contributed by atoms with Crippen LogP contribution in [0, 0.1) is 0 Å². The molecule has 0 spiro atoms. The number of urea groups is 1. The number of hydrogen-bond donors (Lipinski definition) is 2. The number of rotatable bonds is 8. The van der Waals surface area contributed by atoms with Gasteiger partial charge < -0.3 is 20.3 Å². The molecule has 8 heteroatoms. The molecule has 1 aromatic carbocycles. The zero-order valence-corrected chi connectivity index (χ0v) is 16.0. The standard InChI is InChI=1S/C18H24N4O3S/c1-13(2)19-17(23)15-12-26-16(21-15)11-22(9-10-25-3)18(24)20-14-7-5-4-6-8-14/h4-8,12-13H,9-11H2,1-3H3,(H,19,23)(H,20,24). The molecule has 0 aliphatic carbocycles. The zero-order chi connectivity index (χ0) is 18.9. The van der Waals surface area contributed by atoms with Gasteiger partial charge in [0.1, 0.15) is 10.7 Å². The Balaban J connectivity index is 2.04. The zero-order valence-electron chi connectivity index (χ0n) is 15.2. The lowest BCUT2D eigenvalue weighted by Gasteiger charge is -2.21. The average Bonchev–Trinajstić information content (AvgIpc) is 3.07. The molecule has 26 heavy (non-hydrogen) atoms. The summed E-state index contributed by atoms with van der Waals surface area (Å²) in [6, 6.07) is 9.05. The Kier molecular flexibility index (Phi) is 7.55. The van der Waals surface area contributed by atoms with Gasteiger partial charge in [0.05, 0.1) is 13.2 Å². The Morgan fingerprint density at radius 2 is 2.00 bits per heavy atom. The number of aromatic nitrogens is 1. The number of thiazole rings is 1. The second kappa shape index (κ2) is 9.88. The molecule has 0 saturated carbocycles. The number of hydrogen-bond acceptors (Lipinski definition) is 5. The molecule has 0 aliphatic rings. The maximum Gasteiger partial charge on any atom is 0.322 e. The van der Waals surface area contributed by atoms with Crippen molar-refractivity contribution >= 4 is 29.0 Å². The third-order valence-electron chi connectivity index (χ3n) is 3.41. The summed E-state index contributed by atoms with van der Waals surface area (Å²) in [5.74, 6) is -0.209. The van der Waals surface area contributed by atoms with E-state index in [0.717, 1.165) is 5.69 Å². The fourth-order valence-electron chi connectivity index (χ4n) is 2.17. The first kappa shape index (κ1) is 19.9. The SMILES string of the molecule is COCCN(Cc1nc(C(=O)NC(C)C)cs1)C(=O)Nc1ccccc1.